The number of hydrogen-bond donors (Lipinski definition) is 2. The molecule has 0 spiro atoms. The molecule has 2 N–H and O–H groups in total. The average molecular weight is 677 g/mol. The Kier molecular flexibility index (Phi) is 12.8. The predicted molar refractivity (Wildman–Crippen MR) is 154 cm³/mol. The Labute approximate surface area is 264 Å². The molecule has 0 saturated carbocycles. The second-order valence-electron chi connectivity index (χ2n) is 9.77. The molecule has 256 valence electrons. The molecule has 3 aromatic carbocycles. The number of alkyl halides is 7. The number of carboxylic acid groups (broad SMARTS) is 1. The van der Waals surface area contributed by atoms with Crippen molar-refractivity contribution in [3.05, 3.63) is 84.4 Å². The van der Waals surface area contributed by atoms with Crippen LogP contribution < -0.4 is 14.8 Å². The number of halogens is 7. The highest BCUT2D eigenvalue weighted by atomic mass is 19.4. The molecule has 0 saturated heterocycles. The summed E-state index contributed by atoms with van der Waals surface area (Å²) >= 11 is 0. The van der Waals surface area contributed by atoms with Crippen LogP contribution in [0.3, 0.4) is 0 Å². The van der Waals surface area contributed by atoms with E-state index in [9.17, 15) is 45.4 Å². The summed E-state index contributed by atoms with van der Waals surface area (Å²) in [6, 6.07) is 20.0. The number of carbonyl (C=O) groups is 2. The average Bonchev–Trinajstić information content (AvgIpc) is 3.01. The molecule has 1 atom stereocenters. The first kappa shape index (κ1) is 36.9. The monoisotopic (exact) mass is 676 g/mol. The van der Waals surface area contributed by atoms with Gasteiger partial charge < -0.3 is 34.3 Å². The van der Waals surface area contributed by atoms with Crippen molar-refractivity contribution in [3.8, 4) is 17.2 Å². The van der Waals surface area contributed by atoms with E-state index in [4.69, 9.17) is 14.2 Å². The van der Waals surface area contributed by atoms with E-state index in [0.29, 0.717) is 17.1 Å². The smallest absolute Gasteiger partial charge is 0.462 e. The van der Waals surface area contributed by atoms with Gasteiger partial charge in [-0.05, 0) is 61.0 Å². The third-order valence-corrected chi connectivity index (χ3v) is 6.36. The lowest BCUT2D eigenvalue weighted by Crippen LogP contribution is -2.54. The highest BCUT2D eigenvalue weighted by molar-refractivity contribution is 5.89. The highest BCUT2D eigenvalue weighted by Gasteiger charge is 2.74. The van der Waals surface area contributed by atoms with Gasteiger partial charge in [-0.1, -0.05) is 30.3 Å². The molecule has 0 aromatic heterocycles. The number of carboxylic acids is 1. The molecule has 0 aliphatic carbocycles. The Balaban J connectivity index is 1.64. The Hall–Kier alpha value is -4.57. The molecule has 9 nitrogen and oxygen atoms in total. The third-order valence-electron chi connectivity index (χ3n) is 6.36. The number of nitrogens with zero attached hydrogens (tertiary/aromatic N) is 1. The summed E-state index contributed by atoms with van der Waals surface area (Å²) in [6.07, 6.45) is -13.5. The fourth-order valence-electron chi connectivity index (χ4n) is 3.92. The number of para-hydroxylation sites is 1. The maximum Gasteiger partial charge on any atom is 0.462 e. The van der Waals surface area contributed by atoms with Crippen LogP contribution >= 0.6 is 0 Å². The molecule has 3 rings (SSSR count). The van der Waals surface area contributed by atoms with E-state index < -0.39 is 49.5 Å². The van der Waals surface area contributed by atoms with Crippen molar-refractivity contribution in [2.75, 3.05) is 38.2 Å². The van der Waals surface area contributed by atoms with E-state index in [-0.39, 0.29) is 37.6 Å². The van der Waals surface area contributed by atoms with Gasteiger partial charge in [0.05, 0.1) is 13.2 Å². The van der Waals surface area contributed by atoms with Crippen LogP contribution in [0, 0.1) is 0 Å². The molecule has 0 aliphatic heterocycles. The van der Waals surface area contributed by atoms with Gasteiger partial charge >= 0.3 is 30.2 Å². The number of carbonyl (C=O) groups excluding carboxylic acids is 1. The Morgan fingerprint density at radius 1 is 0.809 bits per heavy atom. The van der Waals surface area contributed by atoms with Crippen LogP contribution in [-0.4, -0.2) is 79.2 Å². The number of amides is 2. The Morgan fingerprint density at radius 2 is 1.38 bits per heavy atom. The van der Waals surface area contributed by atoms with Gasteiger partial charge in [-0.15, -0.1) is 0 Å². The normalized spacial score (nSPS) is 12.7. The number of anilines is 1. The number of hydrogen-bond acceptors (Lipinski definition) is 6. The fraction of sp³-hybridized carbons (Fsp3) is 0.355. The van der Waals surface area contributed by atoms with Gasteiger partial charge in [0.15, 0.2) is 6.10 Å². The minimum Gasteiger partial charge on any atom is -0.492 e. The first-order chi connectivity index (χ1) is 22.1. The van der Waals surface area contributed by atoms with E-state index in [1.54, 1.807) is 49.4 Å². The van der Waals surface area contributed by atoms with Gasteiger partial charge in [-0.25, -0.2) is 9.59 Å². The SMILES string of the molecule is CCOC(Cc1ccc(OCCN(CCOC(F)(F)C(F)(F)C(F)(F)F)C(=O)Nc2ccc(Oc3ccccc3)cc2)cc1)C(=O)O. The molecule has 2 amide bonds. The molecule has 3 aromatic rings. The molecule has 0 heterocycles. The van der Waals surface area contributed by atoms with Crippen molar-refractivity contribution in [3.63, 3.8) is 0 Å². The number of nitrogens with one attached hydrogen (secondary N) is 1. The molecule has 0 aliphatic rings. The summed E-state index contributed by atoms with van der Waals surface area (Å²) in [5, 5.41) is 11.7. The number of ether oxygens (including phenoxy) is 4. The third kappa shape index (κ3) is 10.7. The van der Waals surface area contributed by atoms with Crippen LogP contribution in [0.2, 0.25) is 0 Å². The molecular weight excluding hydrogens is 645 g/mol. The molecule has 0 bridgehead atoms. The zero-order chi connectivity index (χ0) is 34.7. The first-order valence-electron chi connectivity index (χ1n) is 14.0. The van der Waals surface area contributed by atoms with Crippen molar-refractivity contribution in [2.45, 2.75) is 37.7 Å². The van der Waals surface area contributed by atoms with Gasteiger partial charge in [0.25, 0.3) is 0 Å². The zero-order valence-corrected chi connectivity index (χ0v) is 24.8. The van der Waals surface area contributed by atoms with Gasteiger partial charge in [0.2, 0.25) is 0 Å². The molecule has 0 fully saturated rings. The summed E-state index contributed by atoms with van der Waals surface area (Å²) < 4.78 is 111. The van der Waals surface area contributed by atoms with Crippen molar-refractivity contribution < 1.29 is 64.4 Å². The molecular formula is C31H31F7N2O7. The number of benzene rings is 3. The zero-order valence-electron chi connectivity index (χ0n) is 24.8. The van der Waals surface area contributed by atoms with Crippen molar-refractivity contribution >= 4 is 17.7 Å². The van der Waals surface area contributed by atoms with Gasteiger partial charge in [-0.2, -0.15) is 30.7 Å². The van der Waals surface area contributed by atoms with Crippen LogP contribution in [0.25, 0.3) is 0 Å². The van der Waals surface area contributed by atoms with Crippen LogP contribution in [0.4, 0.5) is 41.2 Å². The summed E-state index contributed by atoms with van der Waals surface area (Å²) in [5.41, 5.74) is 0.839. The van der Waals surface area contributed by atoms with Crippen molar-refractivity contribution in [2.24, 2.45) is 0 Å². The standard InChI is InChI=1S/C31H31F7N2O7/c1-2-44-26(27(41)42)20-21-8-12-23(13-9-21)45-18-16-40(17-19-46-31(37,38)29(32,33)30(34,35)36)28(43)39-22-10-14-25(15-11-22)47-24-6-4-3-5-7-24/h3-15,26H,2,16-20H2,1H3,(H,39,43)(H,41,42). The summed E-state index contributed by atoms with van der Waals surface area (Å²) in [5.74, 6) is -6.36. The quantitative estimate of drug-likeness (QED) is 0.145. The summed E-state index contributed by atoms with van der Waals surface area (Å²) in [6.45, 7) is -0.940. The van der Waals surface area contributed by atoms with E-state index >= 15 is 0 Å². The van der Waals surface area contributed by atoms with E-state index in [2.05, 4.69) is 10.1 Å². The van der Waals surface area contributed by atoms with Crippen LogP contribution in [0.5, 0.6) is 17.2 Å². The van der Waals surface area contributed by atoms with Gasteiger partial charge in [0, 0.05) is 25.3 Å². The lowest BCUT2D eigenvalue weighted by Gasteiger charge is -2.29. The molecule has 0 radical (unpaired) electrons. The number of urea groups is 1. The van der Waals surface area contributed by atoms with E-state index in [0.717, 1.165) is 4.90 Å². The van der Waals surface area contributed by atoms with Gasteiger partial charge in [0.1, 0.15) is 23.9 Å². The molecule has 1 unspecified atom stereocenters. The Morgan fingerprint density at radius 3 is 1.96 bits per heavy atom. The maximum absolute atomic E-state index is 13.7. The lowest BCUT2D eigenvalue weighted by atomic mass is 10.1. The van der Waals surface area contributed by atoms with Crippen molar-refractivity contribution in [1.29, 1.82) is 0 Å². The summed E-state index contributed by atoms with van der Waals surface area (Å²) in [7, 11) is 0. The molecule has 16 heteroatoms. The van der Waals surface area contributed by atoms with Crippen LogP contribution in [-0.2, 0) is 20.7 Å². The maximum atomic E-state index is 13.7. The molecule has 47 heavy (non-hydrogen) atoms. The minimum absolute atomic E-state index is 0.0782. The minimum atomic E-state index is -6.58. The second kappa shape index (κ2) is 16.3. The largest absolute Gasteiger partial charge is 0.492 e. The lowest BCUT2D eigenvalue weighted by molar-refractivity contribution is -0.423. The van der Waals surface area contributed by atoms with Gasteiger partial charge in [-0.3, -0.25) is 0 Å². The van der Waals surface area contributed by atoms with E-state index in [1.165, 1.54) is 36.4 Å². The van der Waals surface area contributed by atoms with Crippen LogP contribution in [0.15, 0.2) is 78.9 Å². The fourth-order valence-corrected chi connectivity index (χ4v) is 3.92. The Bertz CT molecular complexity index is 1420. The number of aliphatic carboxylic acids is 1. The number of rotatable bonds is 17. The van der Waals surface area contributed by atoms with E-state index in [1.807, 2.05) is 0 Å². The van der Waals surface area contributed by atoms with Crippen molar-refractivity contribution in [1.82, 2.24) is 4.90 Å². The highest BCUT2D eigenvalue weighted by Crippen LogP contribution is 2.46. The predicted octanol–water partition coefficient (Wildman–Crippen LogP) is 7.23. The summed E-state index contributed by atoms with van der Waals surface area (Å²) in [4.78, 5) is 25.1. The first-order valence-corrected chi connectivity index (χ1v) is 14.0. The van der Waals surface area contributed by atoms with Crippen LogP contribution in [0.1, 0.15) is 12.5 Å². The second-order valence-corrected chi connectivity index (χ2v) is 9.77. The topological polar surface area (TPSA) is 107 Å².